The molecular weight excluding hydrogens is 322 g/mol. The Morgan fingerprint density at radius 2 is 1.84 bits per heavy atom. The summed E-state index contributed by atoms with van der Waals surface area (Å²) in [4.78, 5) is 27.5. The number of nitrogens with zero attached hydrogens (tertiary/aromatic N) is 3. The van der Waals surface area contributed by atoms with Crippen molar-refractivity contribution in [2.45, 2.75) is 25.7 Å². The maximum absolute atomic E-state index is 12.8. The highest BCUT2D eigenvalue weighted by atomic mass is 16.4. The number of hydrogen-bond acceptors (Lipinski definition) is 5. The van der Waals surface area contributed by atoms with E-state index in [2.05, 4.69) is 10.1 Å². The van der Waals surface area contributed by atoms with Crippen LogP contribution in [0.4, 0.5) is 0 Å². The molecule has 0 aliphatic rings. The number of carboxylic acid groups (broad SMARTS) is 1. The van der Waals surface area contributed by atoms with E-state index in [0.717, 1.165) is 5.56 Å². The molecule has 0 bridgehead atoms. The van der Waals surface area contributed by atoms with Crippen molar-refractivity contribution in [2.75, 3.05) is 0 Å². The van der Waals surface area contributed by atoms with Gasteiger partial charge >= 0.3 is 5.97 Å². The van der Waals surface area contributed by atoms with E-state index in [-0.39, 0.29) is 34.9 Å². The van der Waals surface area contributed by atoms with Gasteiger partial charge in [0.05, 0.1) is 6.42 Å². The smallest absolute Gasteiger partial charge is 0.303 e. The van der Waals surface area contributed by atoms with Gasteiger partial charge in [-0.1, -0.05) is 30.3 Å². The zero-order valence-electron chi connectivity index (χ0n) is 13.4. The van der Waals surface area contributed by atoms with Crippen LogP contribution in [-0.4, -0.2) is 30.8 Å². The monoisotopic (exact) mass is 339 g/mol. The summed E-state index contributed by atoms with van der Waals surface area (Å²) in [6.07, 6.45) is 3.67. The number of aromatic nitrogens is 3. The number of benzene rings is 1. The Morgan fingerprint density at radius 3 is 2.56 bits per heavy atom. The van der Waals surface area contributed by atoms with Crippen LogP contribution in [0.3, 0.4) is 0 Å². The van der Waals surface area contributed by atoms with Gasteiger partial charge in [-0.3, -0.25) is 9.59 Å². The first-order chi connectivity index (χ1) is 12.1. The SMILES string of the molecule is O=C(O)CC/C(O)=c1\c(=O)c(CCc2ccccc2)cn2ncnc12. The van der Waals surface area contributed by atoms with Crippen LogP contribution in [0.5, 0.6) is 0 Å². The van der Waals surface area contributed by atoms with Crippen molar-refractivity contribution in [3.8, 4) is 0 Å². The van der Waals surface area contributed by atoms with Crippen LogP contribution >= 0.6 is 0 Å². The third kappa shape index (κ3) is 3.65. The van der Waals surface area contributed by atoms with Crippen molar-refractivity contribution in [3.05, 3.63) is 69.4 Å². The standard InChI is InChI=1S/C18H17N3O4/c22-14(8-9-15(23)24)16-17(25)13(10-21-18(16)19-11-20-21)7-6-12-4-2-1-3-5-12/h1-5,10-11,22H,6-9H2,(H,23,24)/b16-14-. The van der Waals surface area contributed by atoms with Crippen LogP contribution < -0.4 is 10.6 Å². The van der Waals surface area contributed by atoms with E-state index in [1.165, 1.54) is 10.8 Å². The average Bonchev–Trinajstić information content (AvgIpc) is 3.06. The highest BCUT2D eigenvalue weighted by molar-refractivity contribution is 5.68. The summed E-state index contributed by atoms with van der Waals surface area (Å²) in [5, 5.41) is 23.1. The Kier molecular flexibility index (Phi) is 4.74. The van der Waals surface area contributed by atoms with Gasteiger partial charge in [0.2, 0.25) is 0 Å². The topological polar surface area (TPSA) is 105 Å². The Balaban J connectivity index is 2.03. The summed E-state index contributed by atoms with van der Waals surface area (Å²) in [7, 11) is 0. The van der Waals surface area contributed by atoms with Gasteiger partial charge in [0.25, 0.3) is 0 Å². The minimum Gasteiger partial charge on any atom is -0.511 e. The summed E-state index contributed by atoms with van der Waals surface area (Å²) in [6, 6.07) is 9.76. The second-order valence-electron chi connectivity index (χ2n) is 5.71. The molecule has 0 aliphatic heterocycles. The van der Waals surface area contributed by atoms with Gasteiger partial charge in [-0.15, -0.1) is 0 Å². The molecule has 0 unspecified atom stereocenters. The second kappa shape index (κ2) is 7.12. The van der Waals surface area contributed by atoms with Crippen molar-refractivity contribution in [2.24, 2.45) is 0 Å². The number of fused-ring (bicyclic) bond motifs is 1. The molecule has 0 fully saturated rings. The number of aliphatic hydroxyl groups is 1. The molecule has 0 radical (unpaired) electrons. The van der Waals surface area contributed by atoms with E-state index < -0.39 is 5.97 Å². The van der Waals surface area contributed by atoms with Crippen LogP contribution in [0.15, 0.2) is 47.7 Å². The number of carbonyl (C=O) groups is 1. The van der Waals surface area contributed by atoms with Crippen molar-refractivity contribution >= 4 is 17.4 Å². The van der Waals surface area contributed by atoms with Crippen molar-refractivity contribution in [3.63, 3.8) is 0 Å². The van der Waals surface area contributed by atoms with E-state index in [4.69, 9.17) is 5.11 Å². The van der Waals surface area contributed by atoms with Crippen LogP contribution in [-0.2, 0) is 17.6 Å². The lowest BCUT2D eigenvalue weighted by molar-refractivity contribution is -0.136. The second-order valence-corrected chi connectivity index (χ2v) is 5.71. The number of aryl methyl sites for hydroxylation is 2. The quantitative estimate of drug-likeness (QED) is 0.697. The molecule has 25 heavy (non-hydrogen) atoms. The number of carboxylic acids is 1. The largest absolute Gasteiger partial charge is 0.511 e. The zero-order valence-corrected chi connectivity index (χ0v) is 13.4. The maximum Gasteiger partial charge on any atom is 0.303 e. The lowest BCUT2D eigenvalue weighted by Gasteiger charge is -2.04. The Hall–Kier alpha value is -3.22. The molecule has 0 aliphatic carbocycles. The van der Waals surface area contributed by atoms with Crippen LogP contribution in [0, 0.1) is 0 Å². The van der Waals surface area contributed by atoms with Gasteiger partial charge in [-0.25, -0.2) is 9.50 Å². The fourth-order valence-corrected chi connectivity index (χ4v) is 2.70. The number of hydrogen-bond donors (Lipinski definition) is 2. The first-order valence-corrected chi connectivity index (χ1v) is 7.89. The summed E-state index contributed by atoms with van der Waals surface area (Å²) in [5.74, 6) is -1.32. The molecule has 0 amide bonds. The van der Waals surface area contributed by atoms with Gasteiger partial charge in [-0.2, -0.15) is 5.10 Å². The van der Waals surface area contributed by atoms with Crippen LogP contribution in [0.1, 0.15) is 24.0 Å². The van der Waals surface area contributed by atoms with Gasteiger partial charge in [-0.05, 0) is 18.4 Å². The van der Waals surface area contributed by atoms with Gasteiger partial charge in [0.1, 0.15) is 17.3 Å². The van der Waals surface area contributed by atoms with Crippen LogP contribution in [0.25, 0.3) is 11.4 Å². The lowest BCUT2D eigenvalue weighted by atomic mass is 10.0. The van der Waals surface area contributed by atoms with Gasteiger partial charge in [0, 0.05) is 18.2 Å². The number of pyridine rings is 1. The summed E-state index contributed by atoms with van der Waals surface area (Å²) >= 11 is 0. The molecule has 2 aromatic heterocycles. The summed E-state index contributed by atoms with van der Waals surface area (Å²) in [5.41, 5.74) is 1.50. The normalized spacial score (nSPS) is 12.3. The first kappa shape index (κ1) is 16.6. The molecule has 7 heteroatoms. The number of rotatable bonds is 6. The molecule has 0 spiro atoms. The Bertz CT molecular complexity index is 1010. The molecule has 0 saturated carbocycles. The number of aliphatic carboxylic acids is 1. The molecule has 2 N–H and O–H groups in total. The third-order valence-electron chi connectivity index (χ3n) is 3.98. The molecule has 3 aromatic rings. The maximum atomic E-state index is 12.8. The fraction of sp³-hybridized carbons (Fsp3) is 0.222. The molecule has 0 saturated heterocycles. The molecule has 0 atom stereocenters. The predicted octanol–water partition coefficient (Wildman–Crippen LogP) is 1.12. The average molecular weight is 339 g/mol. The highest BCUT2D eigenvalue weighted by Gasteiger charge is 2.13. The fourth-order valence-electron chi connectivity index (χ4n) is 2.70. The zero-order chi connectivity index (χ0) is 17.8. The molecule has 3 rings (SSSR count). The van der Waals surface area contributed by atoms with Crippen molar-refractivity contribution in [1.82, 2.24) is 14.6 Å². The minimum atomic E-state index is -1.04. The highest BCUT2D eigenvalue weighted by Crippen LogP contribution is 2.06. The summed E-state index contributed by atoms with van der Waals surface area (Å²) in [6.45, 7) is 0. The van der Waals surface area contributed by atoms with E-state index >= 15 is 0 Å². The number of aliphatic hydroxyl groups excluding tert-OH is 1. The van der Waals surface area contributed by atoms with E-state index in [1.807, 2.05) is 30.3 Å². The predicted molar refractivity (Wildman–Crippen MR) is 91.2 cm³/mol. The Labute approximate surface area is 142 Å². The Morgan fingerprint density at radius 1 is 1.08 bits per heavy atom. The third-order valence-corrected chi connectivity index (χ3v) is 3.98. The molecule has 1 aromatic carbocycles. The van der Waals surface area contributed by atoms with Gasteiger partial charge < -0.3 is 10.2 Å². The lowest BCUT2D eigenvalue weighted by Crippen LogP contribution is -2.33. The van der Waals surface area contributed by atoms with Gasteiger partial charge in [0.15, 0.2) is 11.1 Å². The van der Waals surface area contributed by atoms with E-state index in [1.54, 1.807) is 6.20 Å². The minimum absolute atomic E-state index is 0.0318. The van der Waals surface area contributed by atoms with Crippen molar-refractivity contribution < 1.29 is 15.0 Å². The molecule has 128 valence electrons. The van der Waals surface area contributed by atoms with Crippen molar-refractivity contribution in [1.29, 1.82) is 0 Å². The first-order valence-electron chi connectivity index (χ1n) is 7.89. The van der Waals surface area contributed by atoms with E-state index in [0.29, 0.717) is 18.4 Å². The molecule has 2 heterocycles. The van der Waals surface area contributed by atoms with E-state index in [9.17, 15) is 14.7 Å². The van der Waals surface area contributed by atoms with Crippen LogP contribution in [0.2, 0.25) is 0 Å². The molecule has 7 nitrogen and oxygen atoms in total. The summed E-state index contributed by atoms with van der Waals surface area (Å²) < 4.78 is 1.44. The molecular formula is C18H17N3O4.